The maximum Gasteiger partial charge on any atom is 0.361 e. The van der Waals surface area contributed by atoms with E-state index < -0.39 is 17.6 Å². The molecule has 1 atom stereocenters. The lowest BCUT2D eigenvalue weighted by atomic mass is 10.2. The molecule has 3 aromatic rings. The van der Waals surface area contributed by atoms with E-state index in [4.69, 9.17) is 9.26 Å². The molecule has 0 unspecified atom stereocenters. The Balaban J connectivity index is 2.06. The van der Waals surface area contributed by atoms with Gasteiger partial charge in [0.15, 0.2) is 0 Å². The van der Waals surface area contributed by atoms with Crippen LogP contribution in [0.2, 0.25) is 0 Å². The molecule has 0 fully saturated rings. The van der Waals surface area contributed by atoms with Gasteiger partial charge < -0.3 is 14.2 Å². The quantitative estimate of drug-likeness (QED) is 0.607. The number of amides is 1. The van der Waals surface area contributed by atoms with Crippen LogP contribution in [0.4, 0.5) is 5.69 Å². The van der Waals surface area contributed by atoms with Crippen LogP contribution in [0.3, 0.4) is 0 Å². The molecular formula is C20H22N4O5. The topological polar surface area (TPSA) is 108 Å². The van der Waals surface area contributed by atoms with Crippen LogP contribution in [-0.4, -0.2) is 40.2 Å². The van der Waals surface area contributed by atoms with Crippen LogP contribution in [0, 0.1) is 13.8 Å². The molecule has 9 nitrogen and oxygen atoms in total. The summed E-state index contributed by atoms with van der Waals surface area (Å²) in [5.41, 5.74) is 0.808. The van der Waals surface area contributed by atoms with Gasteiger partial charge in [0, 0.05) is 12.7 Å². The van der Waals surface area contributed by atoms with Gasteiger partial charge in [-0.25, -0.2) is 4.79 Å². The summed E-state index contributed by atoms with van der Waals surface area (Å²) in [7, 11) is 1.64. The summed E-state index contributed by atoms with van der Waals surface area (Å²) in [5, 5.41) is 3.53. The van der Waals surface area contributed by atoms with Crippen molar-refractivity contribution in [3.05, 3.63) is 51.7 Å². The van der Waals surface area contributed by atoms with Gasteiger partial charge in [0.25, 0.3) is 11.3 Å². The van der Waals surface area contributed by atoms with Crippen molar-refractivity contribution < 1.29 is 18.8 Å². The molecule has 0 aliphatic carbocycles. The first kappa shape index (κ1) is 20.2. The van der Waals surface area contributed by atoms with Gasteiger partial charge in [0.1, 0.15) is 17.3 Å². The molecule has 29 heavy (non-hydrogen) atoms. The fourth-order valence-corrected chi connectivity index (χ4v) is 3.17. The van der Waals surface area contributed by atoms with Crippen molar-refractivity contribution >= 4 is 28.7 Å². The Hall–Kier alpha value is -3.49. The highest BCUT2D eigenvalue weighted by molar-refractivity contribution is 6.00. The number of aryl methyl sites for hydroxylation is 2. The summed E-state index contributed by atoms with van der Waals surface area (Å²) in [6.45, 7) is 6.89. The molecule has 3 rings (SSSR count). The van der Waals surface area contributed by atoms with Crippen molar-refractivity contribution in [2.75, 3.05) is 18.6 Å². The number of anilines is 1. The largest absolute Gasteiger partial charge is 0.461 e. The number of carbonyl (C=O) groups excluding carboxylic acids is 2. The van der Waals surface area contributed by atoms with Crippen molar-refractivity contribution in [2.24, 2.45) is 0 Å². The maximum atomic E-state index is 13.1. The third kappa shape index (κ3) is 3.63. The van der Waals surface area contributed by atoms with Gasteiger partial charge in [0.2, 0.25) is 11.6 Å². The number of hydrogen-bond acceptors (Lipinski definition) is 7. The summed E-state index contributed by atoms with van der Waals surface area (Å²) in [6.07, 6.45) is 0. The number of likely N-dealkylation sites (N-methyl/N-ethyl adjacent to an activating group) is 1. The predicted octanol–water partition coefficient (Wildman–Crippen LogP) is 2.40. The zero-order chi connectivity index (χ0) is 21.3. The van der Waals surface area contributed by atoms with Crippen LogP contribution in [0.25, 0.3) is 11.1 Å². The molecule has 0 saturated heterocycles. The second-order valence-corrected chi connectivity index (χ2v) is 6.68. The Morgan fingerprint density at radius 2 is 2.03 bits per heavy atom. The molecule has 152 valence electrons. The fraction of sp³-hybridized carbons (Fsp3) is 0.350. The van der Waals surface area contributed by atoms with E-state index in [-0.39, 0.29) is 35.1 Å². The van der Waals surface area contributed by atoms with Gasteiger partial charge in [-0.3, -0.25) is 14.2 Å². The van der Waals surface area contributed by atoms with Gasteiger partial charge in [-0.05, 0) is 45.4 Å². The Kier molecular flexibility index (Phi) is 5.49. The number of esters is 1. The van der Waals surface area contributed by atoms with E-state index in [1.165, 1.54) is 9.47 Å². The monoisotopic (exact) mass is 398 g/mol. The van der Waals surface area contributed by atoms with Crippen molar-refractivity contribution in [1.29, 1.82) is 0 Å². The minimum atomic E-state index is -0.866. The van der Waals surface area contributed by atoms with E-state index >= 15 is 0 Å². The minimum absolute atomic E-state index is 0.0708. The molecule has 1 aromatic carbocycles. The maximum absolute atomic E-state index is 13.1. The fourth-order valence-electron chi connectivity index (χ4n) is 3.17. The molecule has 0 bridgehead atoms. The van der Waals surface area contributed by atoms with Crippen molar-refractivity contribution in [2.45, 2.75) is 33.7 Å². The number of ether oxygens (including phenoxy) is 1. The van der Waals surface area contributed by atoms with Crippen LogP contribution in [0.15, 0.2) is 33.6 Å². The summed E-state index contributed by atoms with van der Waals surface area (Å²) in [6, 6.07) is 6.61. The second-order valence-electron chi connectivity index (χ2n) is 6.68. The number of fused-ring (bicyclic) bond motifs is 1. The van der Waals surface area contributed by atoms with Crippen LogP contribution < -0.4 is 10.5 Å². The number of carbonyl (C=O) groups is 2. The van der Waals surface area contributed by atoms with Crippen molar-refractivity contribution in [3.8, 4) is 0 Å². The standard InChI is InChI=1S/C20H22N4O5/c1-6-28-20(27)16-15-17(29-22-16)21-13(4)24(19(15)26)12(3)18(25)23(5)14-9-7-8-11(2)10-14/h7-10,12H,6H2,1-5H3/t12-/m1/s1. The molecule has 2 heterocycles. The predicted molar refractivity (Wildman–Crippen MR) is 106 cm³/mol. The third-order valence-electron chi connectivity index (χ3n) is 4.65. The van der Waals surface area contributed by atoms with Crippen LogP contribution >= 0.6 is 0 Å². The third-order valence-corrected chi connectivity index (χ3v) is 4.65. The average molecular weight is 398 g/mol. The molecule has 0 aliphatic heterocycles. The number of aromatic nitrogens is 3. The Morgan fingerprint density at radius 1 is 1.31 bits per heavy atom. The highest BCUT2D eigenvalue weighted by Gasteiger charge is 2.28. The molecule has 0 aliphatic rings. The SMILES string of the molecule is CCOC(=O)c1noc2nc(C)n([C@H](C)C(=O)N(C)c3cccc(C)c3)c(=O)c12. The number of nitrogens with zero attached hydrogens (tertiary/aromatic N) is 4. The Bertz CT molecular complexity index is 1150. The number of benzene rings is 1. The minimum Gasteiger partial charge on any atom is -0.461 e. The van der Waals surface area contributed by atoms with Gasteiger partial charge >= 0.3 is 5.97 Å². The summed E-state index contributed by atoms with van der Waals surface area (Å²) >= 11 is 0. The van der Waals surface area contributed by atoms with E-state index in [9.17, 15) is 14.4 Å². The van der Waals surface area contributed by atoms with E-state index in [2.05, 4.69) is 10.1 Å². The summed E-state index contributed by atoms with van der Waals surface area (Å²) in [5.74, 6) is -0.819. The average Bonchev–Trinajstić information content (AvgIpc) is 3.11. The molecule has 0 radical (unpaired) electrons. The van der Waals surface area contributed by atoms with E-state index in [0.717, 1.165) is 5.56 Å². The van der Waals surface area contributed by atoms with Gasteiger partial charge in [0.05, 0.1) is 6.61 Å². The summed E-state index contributed by atoms with van der Waals surface area (Å²) in [4.78, 5) is 44.0. The van der Waals surface area contributed by atoms with E-state index in [1.54, 1.807) is 27.8 Å². The molecule has 9 heteroatoms. The second kappa shape index (κ2) is 7.86. The lowest BCUT2D eigenvalue weighted by Gasteiger charge is -2.24. The number of hydrogen-bond donors (Lipinski definition) is 0. The van der Waals surface area contributed by atoms with Gasteiger partial charge in [-0.2, -0.15) is 4.98 Å². The Morgan fingerprint density at radius 3 is 2.69 bits per heavy atom. The lowest BCUT2D eigenvalue weighted by molar-refractivity contribution is -0.121. The highest BCUT2D eigenvalue weighted by atomic mass is 16.5. The first-order chi connectivity index (χ1) is 13.8. The van der Waals surface area contributed by atoms with Crippen molar-refractivity contribution in [1.82, 2.24) is 14.7 Å². The van der Waals surface area contributed by atoms with Gasteiger partial charge in [-0.1, -0.05) is 17.3 Å². The first-order valence-electron chi connectivity index (χ1n) is 9.16. The normalized spacial score (nSPS) is 12.0. The highest BCUT2D eigenvalue weighted by Crippen LogP contribution is 2.20. The lowest BCUT2D eigenvalue weighted by Crippen LogP contribution is -2.38. The smallest absolute Gasteiger partial charge is 0.361 e. The molecule has 1 amide bonds. The molecule has 0 N–H and O–H groups in total. The van der Waals surface area contributed by atoms with Crippen LogP contribution in [-0.2, 0) is 9.53 Å². The van der Waals surface area contributed by atoms with Crippen LogP contribution in [0.5, 0.6) is 0 Å². The van der Waals surface area contributed by atoms with Crippen LogP contribution in [0.1, 0.15) is 41.8 Å². The zero-order valence-electron chi connectivity index (χ0n) is 16.9. The molecule has 0 saturated carbocycles. The Labute approximate surface area is 166 Å². The van der Waals surface area contributed by atoms with E-state index in [1.807, 2.05) is 31.2 Å². The summed E-state index contributed by atoms with van der Waals surface area (Å²) < 4.78 is 11.2. The molecule has 2 aromatic heterocycles. The zero-order valence-corrected chi connectivity index (χ0v) is 16.9. The van der Waals surface area contributed by atoms with Crippen molar-refractivity contribution in [3.63, 3.8) is 0 Å². The number of rotatable bonds is 5. The molecular weight excluding hydrogens is 376 g/mol. The van der Waals surface area contributed by atoms with Gasteiger partial charge in [-0.15, -0.1) is 0 Å². The molecule has 0 spiro atoms. The van der Waals surface area contributed by atoms with E-state index in [0.29, 0.717) is 5.69 Å². The first-order valence-corrected chi connectivity index (χ1v) is 9.16.